The molecule has 0 radical (unpaired) electrons. The molecule has 0 fully saturated rings. The molecule has 0 aliphatic rings. The first-order valence-corrected chi connectivity index (χ1v) is 10.3. The van der Waals surface area contributed by atoms with E-state index in [4.69, 9.17) is 9.47 Å². The number of hydrogen-bond acceptors (Lipinski definition) is 4. The Labute approximate surface area is 175 Å². The molecule has 1 rings (SSSR count). The predicted octanol–water partition coefficient (Wildman–Crippen LogP) is 3.56. The van der Waals surface area contributed by atoms with Gasteiger partial charge in [0.2, 0.25) is 5.91 Å². The van der Waals surface area contributed by atoms with Gasteiger partial charge < -0.3 is 25.4 Å². The van der Waals surface area contributed by atoms with Crippen LogP contribution in [0.5, 0.6) is 5.75 Å². The minimum Gasteiger partial charge on any atom is -0.491 e. The first-order valence-electron chi connectivity index (χ1n) is 10.3. The van der Waals surface area contributed by atoms with Crippen molar-refractivity contribution < 1.29 is 14.3 Å². The quantitative estimate of drug-likeness (QED) is 0.297. The van der Waals surface area contributed by atoms with Gasteiger partial charge >= 0.3 is 0 Å². The second-order valence-electron chi connectivity index (χ2n) is 8.26. The summed E-state index contributed by atoms with van der Waals surface area (Å²) in [4.78, 5) is 16.5. The molecule has 0 saturated carbocycles. The molecule has 0 bridgehead atoms. The van der Waals surface area contributed by atoms with Crippen molar-refractivity contribution in [2.75, 3.05) is 32.1 Å². The molecule has 164 valence electrons. The Bertz CT molecular complexity index is 622. The Morgan fingerprint density at radius 3 is 2.38 bits per heavy atom. The Morgan fingerprint density at radius 2 is 1.79 bits per heavy atom. The van der Waals surface area contributed by atoms with Crippen LogP contribution in [0.2, 0.25) is 0 Å². The Kier molecular flexibility index (Phi) is 11.1. The highest BCUT2D eigenvalue weighted by atomic mass is 16.5. The molecular formula is C22H38N4O3. The van der Waals surface area contributed by atoms with E-state index in [-0.39, 0.29) is 24.1 Å². The summed E-state index contributed by atoms with van der Waals surface area (Å²) in [5, 5.41) is 9.48. The van der Waals surface area contributed by atoms with Crippen molar-refractivity contribution in [3.63, 3.8) is 0 Å². The Hall–Kier alpha value is -2.28. The second kappa shape index (κ2) is 13.0. The van der Waals surface area contributed by atoms with Crippen molar-refractivity contribution in [3.05, 3.63) is 24.3 Å². The molecule has 0 heterocycles. The molecule has 1 aromatic carbocycles. The zero-order valence-electron chi connectivity index (χ0n) is 18.8. The summed E-state index contributed by atoms with van der Waals surface area (Å²) in [5.74, 6) is 1.29. The van der Waals surface area contributed by atoms with Gasteiger partial charge in [-0.1, -0.05) is 0 Å². The minimum absolute atomic E-state index is 0.0603. The van der Waals surface area contributed by atoms with Gasteiger partial charge in [-0.25, -0.2) is 4.99 Å². The van der Waals surface area contributed by atoms with Gasteiger partial charge in [0.15, 0.2) is 5.96 Å². The highest BCUT2D eigenvalue weighted by Gasteiger charge is 2.13. The van der Waals surface area contributed by atoms with Crippen molar-refractivity contribution in [2.45, 2.75) is 65.5 Å². The summed E-state index contributed by atoms with van der Waals surface area (Å²) in [6.07, 6.45) is 3.23. The highest BCUT2D eigenvalue weighted by Crippen LogP contribution is 2.16. The van der Waals surface area contributed by atoms with E-state index in [1.165, 1.54) is 0 Å². The van der Waals surface area contributed by atoms with Gasteiger partial charge in [0.1, 0.15) is 12.3 Å². The number of rotatable bonds is 11. The fraction of sp³-hybridized carbons (Fsp3) is 0.636. The molecule has 3 N–H and O–H groups in total. The number of carbonyl (C=O) groups excluding carboxylic acids is 1. The van der Waals surface area contributed by atoms with E-state index >= 15 is 0 Å². The molecule has 1 amide bonds. The molecular weight excluding hydrogens is 368 g/mol. The Morgan fingerprint density at radius 1 is 1.10 bits per heavy atom. The number of benzene rings is 1. The molecule has 0 spiro atoms. The zero-order chi connectivity index (χ0) is 21.7. The van der Waals surface area contributed by atoms with Crippen LogP contribution in [-0.2, 0) is 9.53 Å². The molecule has 29 heavy (non-hydrogen) atoms. The molecule has 0 atom stereocenters. The van der Waals surface area contributed by atoms with E-state index in [1.807, 2.05) is 58.9 Å². The standard InChI is InChI=1S/C22H38N4O3/c1-17(2)29-19-12-10-18(11-13-19)25-21(23-14-8-7-9-15-28-6)24-16-20(27)26-22(3,4)5/h10-13,17H,7-9,14-16H2,1-6H3,(H,26,27)(H2,23,24,25). The number of guanidine groups is 1. The Balaban J connectivity index is 2.67. The smallest absolute Gasteiger partial charge is 0.242 e. The van der Waals surface area contributed by atoms with Crippen LogP contribution in [0.3, 0.4) is 0 Å². The normalized spacial score (nSPS) is 12.0. The lowest BCUT2D eigenvalue weighted by Crippen LogP contribution is -2.42. The minimum atomic E-state index is -0.277. The largest absolute Gasteiger partial charge is 0.491 e. The summed E-state index contributed by atoms with van der Waals surface area (Å²) in [6.45, 7) is 11.4. The number of methoxy groups -OCH3 is 1. The topological polar surface area (TPSA) is 84.0 Å². The van der Waals surface area contributed by atoms with Crippen LogP contribution in [0.4, 0.5) is 5.69 Å². The van der Waals surface area contributed by atoms with Crippen molar-refractivity contribution >= 4 is 17.6 Å². The van der Waals surface area contributed by atoms with Gasteiger partial charge in [-0.05, 0) is 78.1 Å². The fourth-order valence-electron chi connectivity index (χ4n) is 2.53. The monoisotopic (exact) mass is 406 g/mol. The number of amides is 1. The molecule has 0 aliphatic heterocycles. The fourth-order valence-corrected chi connectivity index (χ4v) is 2.53. The van der Waals surface area contributed by atoms with Crippen LogP contribution in [0, 0.1) is 0 Å². The first kappa shape index (κ1) is 24.8. The maximum Gasteiger partial charge on any atom is 0.242 e. The lowest BCUT2D eigenvalue weighted by Gasteiger charge is -2.20. The number of hydrogen-bond donors (Lipinski definition) is 3. The molecule has 7 heteroatoms. The maximum atomic E-state index is 12.1. The van der Waals surface area contributed by atoms with Gasteiger partial charge in [0.25, 0.3) is 0 Å². The van der Waals surface area contributed by atoms with Crippen molar-refractivity contribution in [2.24, 2.45) is 4.99 Å². The van der Waals surface area contributed by atoms with E-state index in [2.05, 4.69) is 20.9 Å². The average molecular weight is 407 g/mol. The van der Waals surface area contributed by atoms with Crippen LogP contribution in [0.15, 0.2) is 29.3 Å². The first-order chi connectivity index (χ1) is 13.7. The molecule has 0 aromatic heterocycles. The summed E-state index contributed by atoms with van der Waals surface area (Å²) in [5.41, 5.74) is 0.601. The van der Waals surface area contributed by atoms with Crippen LogP contribution in [-0.4, -0.2) is 50.3 Å². The number of ether oxygens (including phenoxy) is 2. The van der Waals surface area contributed by atoms with E-state index < -0.39 is 0 Å². The lowest BCUT2D eigenvalue weighted by molar-refractivity contribution is -0.121. The number of aliphatic imine (C=N–C) groups is 1. The molecule has 7 nitrogen and oxygen atoms in total. The number of unbranched alkanes of at least 4 members (excludes halogenated alkanes) is 2. The molecule has 0 unspecified atom stereocenters. The summed E-state index contributed by atoms with van der Waals surface area (Å²) in [7, 11) is 1.72. The number of nitrogens with zero attached hydrogens (tertiary/aromatic N) is 1. The zero-order valence-corrected chi connectivity index (χ0v) is 18.8. The third-order valence-corrected chi connectivity index (χ3v) is 3.70. The third kappa shape index (κ3) is 12.7. The molecule has 1 aromatic rings. The maximum absolute atomic E-state index is 12.1. The number of carbonyl (C=O) groups is 1. The van der Waals surface area contributed by atoms with Gasteiger partial charge in [0.05, 0.1) is 6.10 Å². The lowest BCUT2D eigenvalue weighted by atomic mass is 10.1. The van der Waals surface area contributed by atoms with Gasteiger partial charge in [-0.15, -0.1) is 0 Å². The van der Waals surface area contributed by atoms with Crippen LogP contribution in [0.25, 0.3) is 0 Å². The van der Waals surface area contributed by atoms with Gasteiger partial charge in [-0.3, -0.25) is 4.79 Å². The predicted molar refractivity (Wildman–Crippen MR) is 120 cm³/mol. The highest BCUT2D eigenvalue weighted by molar-refractivity contribution is 5.95. The van der Waals surface area contributed by atoms with Crippen LogP contribution < -0.4 is 20.7 Å². The second-order valence-corrected chi connectivity index (χ2v) is 8.26. The summed E-state index contributed by atoms with van der Waals surface area (Å²) < 4.78 is 10.7. The van der Waals surface area contributed by atoms with E-state index in [0.29, 0.717) is 5.96 Å². The number of anilines is 1. The van der Waals surface area contributed by atoms with E-state index in [1.54, 1.807) is 7.11 Å². The molecule has 0 saturated heterocycles. The van der Waals surface area contributed by atoms with Gasteiger partial charge in [0, 0.05) is 31.5 Å². The van der Waals surface area contributed by atoms with Crippen molar-refractivity contribution in [3.8, 4) is 5.75 Å². The van der Waals surface area contributed by atoms with Gasteiger partial charge in [-0.2, -0.15) is 0 Å². The third-order valence-electron chi connectivity index (χ3n) is 3.70. The summed E-state index contributed by atoms with van der Waals surface area (Å²) in [6, 6.07) is 7.69. The number of nitrogens with one attached hydrogen (secondary N) is 3. The van der Waals surface area contributed by atoms with Crippen LogP contribution >= 0.6 is 0 Å². The summed E-state index contributed by atoms with van der Waals surface area (Å²) >= 11 is 0. The molecule has 0 aliphatic carbocycles. The SMILES string of the molecule is COCCCCCNC(=NCC(=O)NC(C)(C)C)Nc1ccc(OC(C)C)cc1. The van der Waals surface area contributed by atoms with E-state index in [9.17, 15) is 4.79 Å². The van der Waals surface area contributed by atoms with Crippen LogP contribution in [0.1, 0.15) is 53.9 Å². The van der Waals surface area contributed by atoms with E-state index in [0.717, 1.165) is 43.9 Å². The van der Waals surface area contributed by atoms with Crippen molar-refractivity contribution in [1.29, 1.82) is 0 Å². The van der Waals surface area contributed by atoms with Crippen molar-refractivity contribution in [1.82, 2.24) is 10.6 Å². The average Bonchev–Trinajstić information content (AvgIpc) is 2.62.